The lowest BCUT2D eigenvalue weighted by molar-refractivity contribution is 0.124. The predicted molar refractivity (Wildman–Crippen MR) is 50.0 cm³/mol. The molecule has 1 nitrogen and oxygen atoms in total. The maximum absolute atomic E-state index is 5.24. The molecule has 0 fully saturated rings. The minimum absolute atomic E-state index is 0.177. The van der Waals surface area contributed by atoms with E-state index in [0.717, 1.165) is 5.33 Å². The van der Waals surface area contributed by atoms with Crippen molar-refractivity contribution in [3.63, 3.8) is 0 Å². The van der Waals surface area contributed by atoms with E-state index in [1.807, 2.05) is 18.2 Å². The highest BCUT2D eigenvalue weighted by Gasteiger charge is 2.05. The molecule has 0 aliphatic rings. The highest BCUT2D eigenvalue weighted by Crippen LogP contribution is 2.17. The molecule has 1 aromatic carbocycles. The number of benzene rings is 1. The van der Waals surface area contributed by atoms with E-state index in [4.69, 9.17) is 4.74 Å². The zero-order valence-corrected chi connectivity index (χ0v) is 8.04. The van der Waals surface area contributed by atoms with Crippen LogP contribution in [0.25, 0.3) is 0 Å². The Bertz CT molecular complexity index is 194. The van der Waals surface area contributed by atoms with Crippen LogP contribution in [0.4, 0.5) is 0 Å². The summed E-state index contributed by atoms with van der Waals surface area (Å²) in [6, 6.07) is 10.2. The topological polar surface area (TPSA) is 9.23 Å². The minimum Gasteiger partial charge on any atom is -0.376 e. The second kappa shape index (κ2) is 4.52. The van der Waals surface area contributed by atoms with Gasteiger partial charge in [0, 0.05) is 12.4 Å². The average Bonchev–Trinajstić information content (AvgIpc) is 2.09. The van der Waals surface area contributed by atoms with Crippen LogP contribution >= 0.6 is 15.9 Å². The zero-order valence-electron chi connectivity index (χ0n) is 6.46. The van der Waals surface area contributed by atoms with Crippen LogP contribution in [-0.2, 0) is 4.74 Å². The van der Waals surface area contributed by atoms with E-state index >= 15 is 0 Å². The molecule has 60 valence electrons. The fourth-order valence-corrected chi connectivity index (χ4v) is 1.59. The summed E-state index contributed by atoms with van der Waals surface area (Å²) >= 11 is 3.39. The highest BCUT2D eigenvalue weighted by atomic mass is 79.9. The normalized spacial score (nSPS) is 12.9. The molecule has 0 amide bonds. The van der Waals surface area contributed by atoms with Gasteiger partial charge in [-0.2, -0.15) is 0 Å². The molecule has 1 aromatic rings. The third-order valence-electron chi connectivity index (χ3n) is 1.60. The summed E-state index contributed by atoms with van der Waals surface area (Å²) < 4.78 is 5.24. The van der Waals surface area contributed by atoms with Gasteiger partial charge in [-0.3, -0.25) is 0 Å². The van der Waals surface area contributed by atoms with E-state index in [1.54, 1.807) is 7.11 Å². The SMILES string of the molecule is CO[C@H](CBr)c1ccccc1. The van der Waals surface area contributed by atoms with Gasteiger partial charge in [-0.15, -0.1) is 0 Å². The van der Waals surface area contributed by atoms with Gasteiger partial charge in [0.15, 0.2) is 0 Å². The Morgan fingerprint density at radius 1 is 1.36 bits per heavy atom. The molecule has 0 heterocycles. The minimum atomic E-state index is 0.177. The van der Waals surface area contributed by atoms with E-state index in [1.165, 1.54) is 5.56 Å². The molecule has 0 bridgehead atoms. The molecule has 1 atom stereocenters. The smallest absolute Gasteiger partial charge is 0.0917 e. The monoisotopic (exact) mass is 214 g/mol. The van der Waals surface area contributed by atoms with Crippen molar-refractivity contribution in [1.29, 1.82) is 0 Å². The molecule has 0 saturated carbocycles. The quantitative estimate of drug-likeness (QED) is 0.704. The number of alkyl halides is 1. The van der Waals surface area contributed by atoms with Crippen LogP contribution in [0.5, 0.6) is 0 Å². The van der Waals surface area contributed by atoms with Crippen molar-refractivity contribution in [3.8, 4) is 0 Å². The summed E-state index contributed by atoms with van der Waals surface area (Å²) in [6.07, 6.45) is 0.177. The van der Waals surface area contributed by atoms with Crippen molar-refractivity contribution < 1.29 is 4.74 Å². The Morgan fingerprint density at radius 2 is 2.00 bits per heavy atom. The maximum atomic E-state index is 5.24. The van der Waals surface area contributed by atoms with Crippen LogP contribution in [-0.4, -0.2) is 12.4 Å². The molecule has 0 spiro atoms. The predicted octanol–water partition coefficient (Wildman–Crippen LogP) is 2.77. The number of methoxy groups -OCH3 is 1. The van der Waals surface area contributed by atoms with Crippen LogP contribution in [0.15, 0.2) is 30.3 Å². The molecule has 0 radical (unpaired) electrons. The Labute approximate surface area is 75.5 Å². The van der Waals surface area contributed by atoms with Crippen LogP contribution in [0, 0.1) is 0 Å². The molecule has 0 aromatic heterocycles. The zero-order chi connectivity index (χ0) is 8.10. The van der Waals surface area contributed by atoms with Crippen molar-refractivity contribution in [2.45, 2.75) is 6.10 Å². The molecule has 0 N–H and O–H groups in total. The highest BCUT2D eigenvalue weighted by molar-refractivity contribution is 9.09. The standard InChI is InChI=1S/C9H11BrO/c1-11-9(7-10)8-5-3-2-4-6-8/h2-6,9H,7H2,1H3/t9-/m1/s1. The summed E-state index contributed by atoms with van der Waals surface area (Å²) in [7, 11) is 1.72. The van der Waals surface area contributed by atoms with E-state index < -0.39 is 0 Å². The van der Waals surface area contributed by atoms with Gasteiger partial charge in [0.1, 0.15) is 0 Å². The Kier molecular flexibility index (Phi) is 3.60. The number of ether oxygens (including phenoxy) is 1. The van der Waals surface area contributed by atoms with Crippen molar-refractivity contribution in [1.82, 2.24) is 0 Å². The van der Waals surface area contributed by atoms with E-state index in [-0.39, 0.29) is 6.10 Å². The van der Waals surface area contributed by atoms with Gasteiger partial charge >= 0.3 is 0 Å². The molecule has 0 aliphatic heterocycles. The fraction of sp³-hybridized carbons (Fsp3) is 0.333. The summed E-state index contributed by atoms with van der Waals surface area (Å²) in [4.78, 5) is 0. The molecule has 0 aliphatic carbocycles. The van der Waals surface area contributed by atoms with Crippen LogP contribution in [0.2, 0.25) is 0 Å². The third kappa shape index (κ3) is 2.31. The first-order valence-electron chi connectivity index (χ1n) is 3.52. The van der Waals surface area contributed by atoms with E-state index in [9.17, 15) is 0 Å². The number of hydrogen-bond acceptors (Lipinski definition) is 1. The van der Waals surface area contributed by atoms with Gasteiger partial charge in [-0.25, -0.2) is 0 Å². The summed E-state index contributed by atoms with van der Waals surface area (Å²) in [5.74, 6) is 0. The van der Waals surface area contributed by atoms with Gasteiger partial charge in [0.05, 0.1) is 6.10 Å². The van der Waals surface area contributed by atoms with Crippen LogP contribution in [0.3, 0.4) is 0 Å². The van der Waals surface area contributed by atoms with Crippen molar-refractivity contribution >= 4 is 15.9 Å². The summed E-state index contributed by atoms with van der Waals surface area (Å²) in [6.45, 7) is 0. The lowest BCUT2D eigenvalue weighted by atomic mass is 10.1. The first-order valence-corrected chi connectivity index (χ1v) is 4.64. The van der Waals surface area contributed by atoms with Gasteiger partial charge in [-0.05, 0) is 5.56 Å². The molecule has 11 heavy (non-hydrogen) atoms. The van der Waals surface area contributed by atoms with Gasteiger partial charge in [-0.1, -0.05) is 46.3 Å². The second-order valence-corrected chi connectivity index (χ2v) is 2.94. The molecular formula is C9H11BrO. The summed E-state index contributed by atoms with van der Waals surface area (Å²) in [5, 5.41) is 0.841. The molecule has 2 heteroatoms. The van der Waals surface area contributed by atoms with E-state index in [0.29, 0.717) is 0 Å². The first kappa shape index (κ1) is 8.75. The largest absolute Gasteiger partial charge is 0.376 e. The number of halogens is 1. The lowest BCUT2D eigenvalue weighted by Crippen LogP contribution is -2.01. The second-order valence-electron chi connectivity index (χ2n) is 2.29. The Hall–Kier alpha value is -0.340. The van der Waals surface area contributed by atoms with Gasteiger partial charge < -0.3 is 4.74 Å². The Morgan fingerprint density at radius 3 is 2.45 bits per heavy atom. The van der Waals surface area contributed by atoms with Gasteiger partial charge in [0.25, 0.3) is 0 Å². The number of rotatable bonds is 3. The van der Waals surface area contributed by atoms with Crippen LogP contribution < -0.4 is 0 Å². The molecule has 0 unspecified atom stereocenters. The molecular weight excluding hydrogens is 204 g/mol. The van der Waals surface area contributed by atoms with Crippen LogP contribution in [0.1, 0.15) is 11.7 Å². The average molecular weight is 215 g/mol. The maximum Gasteiger partial charge on any atom is 0.0917 e. The lowest BCUT2D eigenvalue weighted by Gasteiger charge is -2.11. The molecule has 0 saturated heterocycles. The van der Waals surface area contributed by atoms with Crippen molar-refractivity contribution in [2.75, 3.05) is 12.4 Å². The van der Waals surface area contributed by atoms with Gasteiger partial charge in [0.2, 0.25) is 0 Å². The van der Waals surface area contributed by atoms with Crippen molar-refractivity contribution in [3.05, 3.63) is 35.9 Å². The number of hydrogen-bond donors (Lipinski definition) is 0. The third-order valence-corrected chi connectivity index (χ3v) is 2.18. The van der Waals surface area contributed by atoms with Crippen molar-refractivity contribution in [2.24, 2.45) is 0 Å². The van der Waals surface area contributed by atoms with E-state index in [2.05, 4.69) is 28.1 Å². The fourth-order valence-electron chi connectivity index (χ4n) is 0.956. The first-order chi connectivity index (χ1) is 5.38. The Balaban J connectivity index is 2.74. The molecule has 1 rings (SSSR count). The summed E-state index contributed by atoms with van der Waals surface area (Å²) in [5.41, 5.74) is 1.21.